The van der Waals surface area contributed by atoms with Gasteiger partial charge in [-0.25, -0.2) is 0 Å². The first-order chi connectivity index (χ1) is 33.3. The van der Waals surface area contributed by atoms with Gasteiger partial charge in [-0.1, -0.05) is 71.9 Å². The Balaban J connectivity index is 1.25. The first kappa shape index (κ1) is 48.3. The molecular weight excluding hydrogens is 853 g/mol. The topological polar surface area (TPSA) is 83.1 Å². The molecule has 0 aliphatic heterocycles. The highest BCUT2D eigenvalue weighted by molar-refractivity contribution is 5.52. The van der Waals surface area contributed by atoms with Crippen molar-refractivity contribution in [3.8, 4) is 126 Å². The number of rotatable bonds is 24. The fourth-order valence-electron chi connectivity index (χ4n) is 7.05. The van der Waals surface area contributed by atoms with Gasteiger partial charge in [0.1, 0.15) is 111 Å². The summed E-state index contributed by atoms with van der Waals surface area (Å²) in [5.74, 6) is 20.2. The van der Waals surface area contributed by atoms with E-state index >= 15 is 0 Å². The highest BCUT2D eigenvalue weighted by Crippen LogP contribution is 2.41. The number of terminal acetylenes is 6. The molecule has 0 saturated heterocycles. The molecule has 68 heavy (non-hydrogen) atoms. The molecule has 0 atom stereocenters. The summed E-state index contributed by atoms with van der Waals surface area (Å²) in [4.78, 5) is 0. The van der Waals surface area contributed by atoms with Crippen LogP contribution in [0.4, 0.5) is 0 Å². The molecule has 0 unspecified atom stereocenters. The molecule has 6 aromatic rings. The quantitative estimate of drug-likeness (QED) is 0.0436. The molecule has 0 heterocycles. The summed E-state index contributed by atoms with van der Waals surface area (Å²) < 4.78 is 52.8. The molecule has 0 fully saturated rings. The van der Waals surface area contributed by atoms with E-state index in [9.17, 15) is 0 Å². The summed E-state index contributed by atoms with van der Waals surface area (Å²) in [6.07, 6.45) is 32.5. The van der Waals surface area contributed by atoms with Gasteiger partial charge in [0, 0.05) is 23.6 Å². The molecule has 0 bridgehead atoms. The molecule has 0 radical (unpaired) electrons. The van der Waals surface area contributed by atoms with E-state index < -0.39 is 5.41 Å². The second-order valence-electron chi connectivity index (χ2n) is 15.0. The Kier molecular flexibility index (Phi) is 17.6. The third-order valence-corrected chi connectivity index (χ3v) is 10.3. The second kappa shape index (κ2) is 24.8. The summed E-state index contributed by atoms with van der Waals surface area (Å²) >= 11 is 0. The fraction of sp³-hybridized carbons (Fsp3) is 0.186. The molecule has 0 N–H and O–H groups in total. The minimum absolute atomic E-state index is 0.108. The van der Waals surface area contributed by atoms with Crippen LogP contribution in [0.3, 0.4) is 0 Å². The SMILES string of the molecule is C#CCOc1cc(COc2ccc(C(C)(c3ccc(OCc4cc(OCC#C)cc(OCC#C)c4)cc3)c3ccc(OCc4cc(OCC#C)cc(OCC#C)c4)cc3)cc2)cc(OCC#C)c1. The van der Waals surface area contributed by atoms with Gasteiger partial charge in [-0.3, -0.25) is 0 Å². The standard InChI is InChI=1S/C59H48O9/c1-8-26-60-53-32-44(33-54(38-53)61-27-9-2)41-66-50-20-14-47(15-21-50)59(7,48-16-22-51(23-17-48)67-42-45-34-55(62-28-10-3)39-56(35-45)63-29-11-4)49-18-24-52(25-19-49)68-43-46-36-57(64-30-12-5)40-58(37-46)65-31-13-6/h1-6,14-25,32-40H,26-31,41-43H2,7H3. The summed E-state index contributed by atoms with van der Waals surface area (Å²) in [5, 5.41) is 0. The molecular formula is C59H48O9. The number of ether oxygens (including phenoxy) is 9. The maximum absolute atomic E-state index is 6.26. The molecule has 6 aromatic carbocycles. The largest absolute Gasteiger partial charge is 0.489 e. The summed E-state index contributed by atoms with van der Waals surface area (Å²) in [6, 6.07) is 40.4. The van der Waals surface area contributed by atoms with Crippen LogP contribution in [0.1, 0.15) is 40.3 Å². The lowest BCUT2D eigenvalue weighted by molar-refractivity contribution is 0.301. The van der Waals surface area contributed by atoms with Gasteiger partial charge < -0.3 is 42.6 Å². The van der Waals surface area contributed by atoms with E-state index in [1.165, 1.54) is 0 Å². The third kappa shape index (κ3) is 13.7. The predicted molar refractivity (Wildman–Crippen MR) is 263 cm³/mol. The molecule has 0 saturated carbocycles. The molecule has 0 aromatic heterocycles. The average Bonchev–Trinajstić information content (AvgIpc) is 3.37. The Bertz CT molecular complexity index is 2450. The van der Waals surface area contributed by atoms with Crippen LogP contribution in [0.5, 0.6) is 51.7 Å². The van der Waals surface area contributed by atoms with Crippen LogP contribution in [0.25, 0.3) is 0 Å². The van der Waals surface area contributed by atoms with Crippen molar-refractivity contribution in [2.75, 3.05) is 39.6 Å². The van der Waals surface area contributed by atoms with Gasteiger partial charge >= 0.3 is 0 Å². The molecule has 6 rings (SSSR count). The highest BCUT2D eigenvalue weighted by atomic mass is 16.5. The minimum atomic E-state index is -0.653. The average molecular weight is 901 g/mol. The molecule has 9 heteroatoms. The van der Waals surface area contributed by atoms with E-state index in [1.54, 1.807) is 18.2 Å². The Morgan fingerprint density at radius 3 is 0.691 bits per heavy atom. The Morgan fingerprint density at radius 1 is 0.294 bits per heavy atom. The number of hydrogen-bond acceptors (Lipinski definition) is 9. The van der Waals surface area contributed by atoms with Crippen LogP contribution >= 0.6 is 0 Å². The first-order valence-electron chi connectivity index (χ1n) is 21.3. The van der Waals surface area contributed by atoms with Crippen LogP contribution in [-0.2, 0) is 25.2 Å². The predicted octanol–water partition coefficient (Wildman–Crippen LogP) is 9.85. The van der Waals surface area contributed by atoms with E-state index in [0.29, 0.717) is 51.7 Å². The Hall–Kier alpha value is -9.12. The van der Waals surface area contributed by atoms with E-state index in [-0.39, 0.29) is 59.5 Å². The van der Waals surface area contributed by atoms with Gasteiger partial charge in [0.05, 0.1) is 0 Å². The van der Waals surface area contributed by atoms with Crippen molar-refractivity contribution in [1.29, 1.82) is 0 Å². The highest BCUT2D eigenvalue weighted by Gasteiger charge is 2.31. The summed E-state index contributed by atoms with van der Waals surface area (Å²) in [5.41, 5.74) is 4.82. The molecule has 0 amide bonds. The van der Waals surface area contributed by atoms with Crippen molar-refractivity contribution in [2.45, 2.75) is 32.2 Å². The number of hydrogen-bond donors (Lipinski definition) is 0. The lowest BCUT2D eigenvalue weighted by Crippen LogP contribution is -2.25. The van der Waals surface area contributed by atoms with E-state index in [0.717, 1.165) is 33.4 Å². The van der Waals surface area contributed by atoms with Crippen LogP contribution in [0.2, 0.25) is 0 Å². The van der Waals surface area contributed by atoms with Gasteiger partial charge in [0.15, 0.2) is 0 Å². The smallest absolute Gasteiger partial charge is 0.148 e. The maximum atomic E-state index is 6.26. The van der Waals surface area contributed by atoms with Crippen molar-refractivity contribution >= 4 is 0 Å². The number of benzene rings is 6. The Morgan fingerprint density at radius 2 is 0.500 bits per heavy atom. The maximum Gasteiger partial charge on any atom is 0.148 e. The van der Waals surface area contributed by atoms with Gasteiger partial charge in [-0.2, -0.15) is 0 Å². The third-order valence-electron chi connectivity index (χ3n) is 10.3. The van der Waals surface area contributed by atoms with Crippen molar-refractivity contribution in [2.24, 2.45) is 0 Å². The molecule has 0 aliphatic carbocycles. The van der Waals surface area contributed by atoms with Crippen molar-refractivity contribution in [3.63, 3.8) is 0 Å². The lowest BCUT2D eigenvalue weighted by Gasteiger charge is -2.32. The Labute approximate surface area is 399 Å². The molecule has 338 valence electrons. The van der Waals surface area contributed by atoms with E-state index in [1.807, 2.05) is 72.8 Å². The van der Waals surface area contributed by atoms with Gasteiger partial charge in [-0.05, 0) is 113 Å². The zero-order chi connectivity index (χ0) is 48.0. The van der Waals surface area contributed by atoms with Gasteiger partial charge in [-0.15, -0.1) is 38.5 Å². The zero-order valence-electron chi connectivity index (χ0n) is 37.6. The van der Waals surface area contributed by atoms with Gasteiger partial charge in [0.2, 0.25) is 0 Å². The second-order valence-corrected chi connectivity index (χ2v) is 15.0. The zero-order valence-corrected chi connectivity index (χ0v) is 37.6. The molecule has 0 aliphatic rings. The monoisotopic (exact) mass is 900 g/mol. The van der Waals surface area contributed by atoms with Gasteiger partial charge in [0.25, 0.3) is 0 Å². The van der Waals surface area contributed by atoms with Crippen LogP contribution in [0.15, 0.2) is 127 Å². The molecule has 9 nitrogen and oxygen atoms in total. The van der Waals surface area contributed by atoms with Crippen molar-refractivity contribution < 1.29 is 42.6 Å². The fourth-order valence-corrected chi connectivity index (χ4v) is 7.05. The summed E-state index contributed by atoms with van der Waals surface area (Å²) in [7, 11) is 0. The minimum Gasteiger partial charge on any atom is -0.489 e. The van der Waals surface area contributed by atoms with Crippen LogP contribution < -0.4 is 42.6 Å². The first-order valence-corrected chi connectivity index (χ1v) is 21.3. The van der Waals surface area contributed by atoms with Crippen molar-refractivity contribution in [1.82, 2.24) is 0 Å². The van der Waals surface area contributed by atoms with E-state index in [2.05, 4.69) is 78.8 Å². The lowest BCUT2D eigenvalue weighted by atomic mass is 9.71. The van der Waals surface area contributed by atoms with E-state index in [4.69, 9.17) is 81.2 Å². The molecule has 0 spiro atoms. The normalized spacial score (nSPS) is 10.3. The summed E-state index contributed by atoms with van der Waals surface area (Å²) in [6.45, 7) is 3.54. The van der Waals surface area contributed by atoms with Crippen molar-refractivity contribution in [3.05, 3.63) is 161 Å². The van der Waals surface area contributed by atoms with Crippen LogP contribution in [0, 0.1) is 74.1 Å². The van der Waals surface area contributed by atoms with Crippen LogP contribution in [-0.4, -0.2) is 39.6 Å².